The van der Waals surface area contributed by atoms with E-state index in [0.29, 0.717) is 11.7 Å². The molecule has 0 spiro atoms. The molecule has 5 heteroatoms. The zero-order valence-electron chi connectivity index (χ0n) is 12.2. The number of aromatic nitrogens is 2. The van der Waals surface area contributed by atoms with Crippen molar-refractivity contribution in [1.82, 2.24) is 10.1 Å². The average Bonchev–Trinajstić information content (AvgIpc) is 2.77. The van der Waals surface area contributed by atoms with Crippen LogP contribution in [0.3, 0.4) is 0 Å². The molecule has 0 aromatic carbocycles. The van der Waals surface area contributed by atoms with Crippen LogP contribution in [0.4, 0.5) is 0 Å². The van der Waals surface area contributed by atoms with Crippen LogP contribution in [-0.2, 0) is 10.3 Å². The molecule has 0 saturated heterocycles. The Morgan fingerprint density at radius 2 is 1.84 bits per heavy atom. The Labute approximate surface area is 114 Å². The highest BCUT2D eigenvalue weighted by Gasteiger charge is 2.38. The van der Waals surface area contributed by atoms with Gasteiger partial charge in [-0.25, -0.2) is 0 Å². The van der Waals surface area contributed by atoms with Gasteiger partial charge in [-0.15, -0.1) is 0 Å². The highest BCUT2D eigenvalue weighted by Crippen LogP contribution is 2.37. The maximum Gasteiger partial charge on any atom is 0.243 e. The highest BCUT2D eigenvalue weighted by atomic mass is 16.5. The Balaban J connectivity index is 2.23. The highest BCUT2D eigenvalue weighted by molar-refractivity contribution is 5.04. The summed E-state index contributed by atoms with van der Waals surface area (Å²) in [5, 5.41) is 4.14. The molecular weight excluding hydrogens is 242 g/mol. The molecule has 108 valence electrons. The molecule has 1 aromatic heterocycles. The SMILES string of the molecule is COC1(c2noc([C@H](N)C(C)C)n2)CCCCCC1. The fourth-order valence-electron chi connectivity index (χ4n) is 2.66. The Bertz CT molecular complexity index is 395. The van der Waals surface area contributed by atoms with Crippen LogP contribution in [0.1, 0.15) is 70.1 Å². The Morgan fingerprint density at radius 1 is 1.21 bits per heavy atom. The van der Waals surface area contributed by atoms with Gasteiger partial charge in [0.05, 0.1) is 6.04 Å². The normalized spacial score (nSPS) is 21.3. The van der Waals surface area contributed by atoms with Crippen LogP contribution in [0.2, 0.25) is 0 Å². The van der Waals surface area contributed by atoms with Crippen LogP contribution >= 0.6 is 0 Å². The van der Waals surface area contributed by atoms with Crippen molar-refractivity contribution in [3.05, 3.63) is 11.7 Å². The molecule has 2 N–H and O–H groups in total. The summed E-state index contributed by atoms with van der Waals surface area (Å²) in [6.07, 6.45) is 6.71. The lowest BCUT2D eigenvalue weighted by Gasteiger charge is -2.27. The molecule has 19 heavy (non-hydrogen) atoms. The van der Waals surface area contributed by atoms with E-state index in [4.69, 9.17) is 15.0 Å². The smallest absolute Gasteiger partial charge is 0.243 e. The third-order valence-corrected chi connectivity index (χ3v) is 4.15. The van der Waals surface area contributed by atoms with Gasteiger partial charge in [-0.05, 0) is 18.8 Å². The monoisotopic (exact) mass is 267 g/mol. The Kier molecular flexibility index (Phi) is 4.58. The summed E-state index contributed by atoms with van der Waals surface area (Å²) in [6.45, 7) is 4.10. The first kappa shape index (κ1) is 14.5. The van der Waals surface area contributed by atoms with Crippen LogP contribution in [0.25, 0.3) is 0 Å². The summed E-state index contributed by atoms with van der Waals surface area (Å²) in [4.78, 5) is 4.51. The molecule has 0 bridgehead atoms. The van der Waals surface area contributed by atoms with E-state index >= 15 is 0 Å². The van der Waals surface area contributed by atoms with Crippen molar-refractivity contribution in [2.24, 2.45) is 11.7 Å². The predicted octanol–water partition coefficient (Wildman–Crippen LogP) is 2.92. The molecule has 0 aliphatic heterocycles. The number of hydrogen-bond acceptors (Lipinski definition) is 5. The number of hydrogen-bond donors (Lipinski definition) is 1. The molecule has 1 aliphatic rings. The van der Waals surface area contributed by atoms with Crippen molar-refractivity contribution in [2.75, 3.05) is 7.11 Å². The molecule has 1 saturated carbocycles. The van der Waals surface area contributed by atoms with E-state index < -0.39 is 0 Å². The number of methoxy groups -OCH3 is 1. The van der Waals surface area contributed by atoms with Gasteiger partial charge in [-0.3, -0.25) is 0 Å². The predicted molar refractivity (Wildman–Crippen MR) is 72.5 cm³/mol. The largest absolute Gasteiger partial charge is 0.370 e. The van der Waals surface area contributed by atoms with E-state index in [1.54, 1.807) is 7.11 Å². The van der Waals surface area contributed by atoms with Crippen molar-refractivity contribution in [3.63, 3.8) is 0 Å². The number of rotatable bonds is 4. The van der Waals surface area contributed by atoms with Gasteiger partial charge >= 0.3 is 0 Å². The molecular formula is C14H25N3O2. The summed E-state index contributed by atoms with van der Waals surface area (Å²) in [6, 6.07) is -0.207. The molecule has 2 rings (SSSR count). The summed E-state index contributed by atoms with van der Waals surface area (Å²) < 4.78 is 11.1. The van der Waals surface area contributed by atoms with Gasteiger partial charge in [0.15, 0.2) is 0 Å². The van der Waals surface area contributed by atoms with E-state index in [2.05, 4.69) is 10.1 Å². The van der Waals surface area contributed by atoms with Gasteiger partial charge in [-0.2, -0.15) is 4.98 Å². The maximum absolute atomic E-state index is 6.06. The molecule has 1 fully saturated rings. The summed E-state index contributed by atoms with van der Waals surface area (Å²) in [5.74, 6) is 1.47. The van der Waals surface area contributed by atoms with Gasteiger partial charge in [0.2, 0.25) is 11.7 Å². The second-order valence-corrected chi connectivity index (χ2v) is 5.84. The average molecular weight is 267 g/mol. The summed E-state index contributed by atoms with van der Waals surface area (Å²) in [5.41, 5.74) is 5.68. The minimum atomic E-state index is -0.380. The van der Waals surface area contributed by atoms with Crippen LogP contribution in [0.15, 0.2) is 4.52 Å². The standard InChI is InChI=1S/C14H25N3O2/c1-10(2)11(15)12-16-13(17-19-12)14(18-3)8-6-4-5-7-9-14/h10-11H,4-9,15H2,1-3H3/t11-/m1/s1. The zero-order chi connectivity index (χ0) is 13.9. The van der Waals surface area contributed by atoms with Crippen molar-refractivity contribution in [3.8, 4) is 0 Å². The first-order valence-corrected chi connectivity index (χ1v) is 7.24. The van der Waals surface area contributed by atoms with E-state index in [0.717, 1.165) is 25.7 Å². The van der Waals surface area contributed by atoms with Crippen molar-refractivity contribution in [1.29, 1.82) is 0 Å². The Morgan fingerprint density at radius 3 is 2.37 bits per heavy atom. The van der Waals surface area contributed by atoms with Gasteiger partial charge in [0, 0.05) is 7.11 Å². The first-order valence-electron chi connectivity index (χ1n) is 7.24. The quantitative estimate of drug-likeness (QED) is 0.849. The fourth-order valence-corrected chi connectivity index (χ4v) is 2.66. The fraction of sp³-hybridized carbons (Fsp3) is 0.857. The number of nitrogens with two attached hydrogens (primary N) is 1. The maximum atomic E-state index is 6.06. The minimum absolute atomic E-state index is 0.207. The van der Waals surface area contributed by atoms with Gasteiger partial charge in [0.25, 0.3) is 0 Å². The topological polar surface area (TPSA) is 74.2 Å². The van der Waals surface area contributed by atoms with E-state index in [1.807, 2.05) is 13.8 Å². The third kappa shape index (κ3) is 2.98. The third-order valence-electron chi connectivity index (χ3n) is 4.15. The molecule has 1 aromatic rings. The van der Waals surface area contributed by atoms with Crippen LogP contribution < -0.4 is 5.73 Å². The number of ether oxygens (including phenoxy) is 1. The van der Waals surface area contributed by atoms with Crippen molar-refractivity contribution < 1.29 is 9.26 Å². The lowest BCUT2D eigenvalue weighted by molar-refractivity contribution is -0.0365. The molecule has 0 unspecified atom stereocenters. The molecule has 0 amide bonds. The lowest BCUT2D eigenvalue weighted by atomic mass is 9.93. The molecule has 1 heterocycles. The second-order valence-electron chi connectivity index (χ2n) is 5.84. The molecule has 1 atom stereocenters. The number of nitrogens with zero attached hydrogens (tertiary/aromatic N) is 2. The minimum Gasteiger partial charge on any atom is -0.370 e. The van der Waals surface area contributed by atoms with E-state index in [9.17, 15) is 0 Å². The first-order chi connectivity index (χ1) is 9.09. The molecule has 1 aliphatic carbocycles. The van der Waals surface area contributed by atoms with Crippen LogP contribution in [0.5, 0.6) is 0 Å². The van der Waals surface area contributed by atoms with E-state index in [-0.39, 0.29) is 17.6 Å². The van der Waals surface area contributed by atoms with Crippen LogP contribution in [0, 0.1) is 5.92 Å². The second kappa shape index (κ2) is 6.01. The lowest BCUT2D eigenvalue weighted by Crippen LogP contribution is -2.29. The summed E-state index contributed by atoms with van der Waals surface area (Å²) in [7, 11) is 1.74. The molecule has 5 nitrogen and oxygen atoms in total. The van der Waals surface area contributed by atoms with Crippen molar-refractivity contribution in [2.45, 2.75) is 64.0 Å². The van der Waals surface area contributed by atoms with Gasteiger partial charge in [0.1, 0.15) is 5.60 Å². The van der Waals surface area contributed by atoms with Gasteiger partial charge < -0.3 is 15.0 Å². The zero-order valence-corrected chi connectivity index (χ0v) is 12.2. The van der Waals surface area contributed by atoms with Crippen molar-refractivity contribution >= 4 is 0 Å². The van der Waals surface area contributed by atoms with E-state index in [1.165, 1.54) is 12.8 Å². The summed E-state index contributed by atoms with van der Waals surface area (Å²) >= 11 is 0. The Hall–Kier alpha value is -0.940. The molecule has 0 radical (unpaired) electrons. The van der Waals surface area contributed by atoms with Gasteiger partial charge in [-0.1, -0.05) is 44.7 Å². The van der Waals surface area contributed by atoms with Crippen LogP contribution in [-0.4, -0.2) is 17.3 Å².